The van der Waals surface area contributed by atoms with Crippen molar-refractivity contribution in [3.8, 4) is 11.5 Å². The van der Waals surface area contributed by atoms with Gasteiger partial charge in [0, 0.05) is 23.4 Å². The van der Waals surface area contributed by atoms with E-state index in [-0.39, 0.29) is 46.6 Å². The zero-order chi connectivity index (χ0) is 37.9. The van der Waals surface area contributed by atoms with Crippen molar-refractivity contribution in [2.75, 3.05) is 11.4 Å². The Labute approximate surface area is 307 Å². The van der Waals surface area contributed by atoms with Crippen LogP contribution in [-0.2, 0) is 25.6 Å². The Morgan fingerprint density at radius 2 is 1.40 bits per heavy atom. The second-order valence-corrected chi connectivity index (χ2v) is 14.9. The Hall–Kier alpha value is -5.01. The number of hydrogen-bond donors (Lipinski definition) is 2. The van der Waals surface area contributed by atoms with E-state index < -0.39 is 104 Å². The van der Waals surface area contributed by atoms with Gasteiger partial charge in [-0.05, 0) is 48.3 Å². The molecule has 0 bridgehead atoms. The van der Waals surface area contributed by atoms with Crippen LogP contribution < -0.4 is 4.90 Å². The number of halogens is 7. The van der Waals surface area contributed by atoms with Crippen LogP contribution in [0, 0.1) is 46.8 Å². The van der Waals surface area contributed by atoms with Gasteiger partial charge in [0.15, 0.2) is 33.0 Å². The van der Waals surface area contributed by atoms with Crippen LogP contribution in [0.5, 0.6) is 11.5 Å². The maximum absolute atomic E-state index is 15.3. The van der Waals surface area contributed by atoms with Gasteiger partial charge in [-0.2, -0.15) is 0 Å². The molecule has 15 heteroatoms. The van der Waals surface area contributed by atoms with Crippen molar-refractivity contribution in [3.63, 3.8) is 0 Å². The summed E-state index contributed by atoms with van der Waals surface area (Å²) in [6, 6.07) is 15.7. The highest BCUT2D eigenvalue weighted by atomic mass is 35.5. The van der Waals surface area contributed by atoms with Gasteiger partial charge in [0.2, 0.25) is 17.6 Å². The fourth-order valence-corrected chi connectivity index (χ4v) is 9.53. The number of anilines is 1. The Balaban J connectivity index is 1.29. The lowest BCUT2D eigenvalue weighted by atomic mass is 9.56. The molecule has 0 aromatic heterocycles. The summed E-state index contributed by atoms with van der Waals surface area (Å²) in [5.41, 5.74) is -1.00. The summed E-state index contributed by atoms with van der Waals surface area (Å²) in [6.07, 6.45) is 1.12. The first-order chi connectivity index (χ1) is 25.1. The minimum absolute atomic E-state index is 0.0278. The number of phenols is 2. The summed E-state index contributed by atoms with van der Waals surface area (Å²) < 4.78 is 73.7. The third-order valence-corrected chi connectivity index (χ3v) is 12.5. The number of nitrogens with zero attached hydrogens (tertiary/aromatic N) is 2. The van der Waals surface area contributed by atoms with E-state index in [0.29, 0.717) is 5.39 Å². The third kappa shape index (κ3) is 4.65. The van der Waals surface area contributed by atoms with Gasteiger partial charge in [-0.3, -0.25) is 24.1 Å². The highest BCUT2D eigenvalue weighted by molar-refractivity contribution is 6.58. The molecule has 2 N–H and O–H groups in total. The van der Waals surface area contributed by atoms with E-state index in [9.17, 15) is 42.6 Å². The fourth-order valence-electron chi connectivity index (χ4n) is 8.61. The highest BCUT2D eigenvalue weighted by Gasteiger charge is 2.77. The molecule has 8 rings (SSSR count). The number of alkyl halides is 2. The summed E-state index contributed by atoms with van der Waals surface area (Å²) in [4.78, 5) is 52.2. The molecule has 2 saturated heterocycles. The summed E-state index contributed by atoms with van der Waals surface area (Å²) >= 11 is 14.4. The molecule has 4 amide bonds. The molecule has 4 aliphatic rings. The standard InChI is InChI=1S/C38H25Cl2F5N2O6/c39-37-15-23-20(11-12-21-24(23)34(51)46(33(21)50)14-13-16-5-8-18(48)9-6-16)25(22-10-7-17-3-1-2-4-19(17)32(22)49)38(37,40)36(53)47(35(37)52)31-29(44)27(42)26(41)28(43)30(31)45/h1-11,21,23-25,48-49H,12-15H2. The summed E-state index contributed by atoms with van der Waals surface area (Å²) in [5, 5.41) is 22.2. The van der Waals surface area contributed by atoms with Gasteiger partial charge >= 0.3 is 0 Å². The number of phenolic OH excluding ortho intramolecular Hbond substituents is 2. The van der Waals surface area contributed by atoms with E-state index >= 15 is 8.78 Å². The van der Waals surface area contributed by atoms with Crippen molar-refractivity contribution < 1.29 is 51.3 Å². The van der Waals surface area contributed by atoms with Gasteiger partial charge in [-0.25, -0.2) is 26.9 Å². The van der Waals surface area contributed by atoms with Crippen LogP contribution in [0.2, 0.25) is 0 Å². The van der Waals surface area contributed by atoms with Gasteiger partial charge in [0.25, 0.3) is 11.8 Å². The van der Waals surface area contributed by atoms with Gasteiger partial charge < -0.3 is 10.2 Å². The number of carbonyl (C=O) groups is 4. The van der Waals surface area contributed by atoms with Crippen LogP contribution in [0.25, 0.3) is 10.8 Å². The number of carbonyl (C=O) groups excluding carboxylic acids is 4. The molecule has 53 heavy (non-hydrogen) atoms. The monoisotopic (exact) mass is 770 g/mol. The number of benzene rings is 4. The van der Waals surface area contributed by atoms with E-state index in [1.165, 1.54) is 18.2 Å². The molecule has 6 unspecified atom stereocenters. The molecular formula is C38H25Cl2F5N2O6. The lowest BCUT2D eigenvalue weighted by Crippen LogP contribution is -2.60. The fraction of sp³-hybridized carbons (Fsp3) is 0.263. The normalized spacial score (nSPS) is 28.0. The zero-order valence-corrected chi connectivity index (χ0v) is 28.6. The molecule has 0 radical (unpaired) electrons. The van der Waals surface area contributed by atoms with Crippen LogP contribution in [0.1, 0.15) is 29.9 Å². The second kappa shape index (κ2) is 12.0. The van der Waals surface area contributed by atoms with Crippen LogP contribution in [0.15, 0.2) is 72.3 Å². The van der Waals surface area contributed by atoms with Crippen molar-refractivity contribution in [1.29, 1.82) is 0 Å². The average molecular weight is 772 g/mol. The summed E-state index contributed by atoms with van der Waals surface area (Å²) in [7, 11) is 0. The molecule has 3 fully saturated rings. The van der Waals surface area contributed by atoms with Crippen molar-refractivity contribution in [3.05, 3.63) is 113 Å². The topological polar surface area (TPSA) is 115 Å². The van der Waals surface area contributed by atoms with E-state index in [1.54, 1.807) is 48.5 Å². The molecule has 2 aliphatic heterocycles. The van der Waals surface area contributed by atoms with E-state index in [4.69, 9.17) is 23.2 Å². The maximum atomic E-state index is 15.3. The Morgan fingerprint density at radius 1 is 0.755 bits per heavy atom. The lowest BCUT2D eigenvalue weighted by molar-refractivity contribution is -0.140. The van der Waals surface area contributed by atoms with E-state index in [2.05, 4.69) is 0 Å². The van der Waals surface area contributed by atoms with Gasteiger partial charge in [-0.1, -0.05) is 60.2 Å². The van der Waals surface area contributed by atoms with Gasteiger partial charge in [0.1, 0.15) is 17.2 Å². The SMILES string of the molecule is O=C1C2CC=C3C(CC4(Cl)C(=O)N(c5c(F)c(F)c(F)c(F)c5F)C(=O)C4(Cl)C3c3ccc4ccccc4c3O)C2C(=O)N1CCc1ccc(O)cc1. The number of rotatable bonds is 5. The molecule has 4 aromatic carbocycles. The molecule has 0 spiro atoms. The number of likely N-dealkylation sites (tertiary alicyclic amines) is 1. The number of amides is 4. The minimum atomic E-state index is -2.76. The average Bonchev–Trinajstić information content (AvgIpc) is 3.47. The predicted octanol–water partition coefficient (Wildman–Crippen LogP) is 6.75. The largest absolute Gasteiger partial charge is 0.508 e. The van der Waals surface area contributed by atoms with Crippen molar-refractivity contribution in [2.45, 2.75) is 34.9 Å². The number of aromatic hydroxyl groups is 2. The van der Waals surface area contributed by atoms with Crippen LogP contribution in [0.3, 0.4) is 0 Å². The number of hydrogen-bond acceptors (Lipinski definition) is 6. The maximum Gasteiger partial charge on any atom is 0.258 e. The Morgan fingerprint density at radius 3 is 2.08 bits per heavy atom. The minimum Gasteiger partial charge on any atom is -0.508 e. The first kappa shape index (κ1) is 35.0. The van der Waals surface area contributed by atoms with Crippen LogP contribution >= 0.6 is 23.2 Å². The summed E-state index contributed by atoms with van der Waals surface area (Å²) in [5.74, 6) is -21.9. The van der Waals surface area contributed by atoms with Crippen LogP contribution in [-0.4, -0.2) is 55.0 Å². The Bertz CT molecular complexity index is 2330. The zero-order valence-electron chi connectivity index (χ0n) is 27.1. The summed E-state index contributed by atoms with van der Waals surface area (Å²) in [6.45, 7) is -0.0384. The lowest BCUT2D eigenvalue weighted by Gasteiger charge is -2.50. The molecule has 4 aromatic rings. The van der Waals surface area contributed by atoms with Crippen molar-refractivity contribution in [1.82, 2.24) is 4.90 Å². The molecule has 2 aliphatic carbocycles. The van der Waals surface area contributed by atoms with Crippen LogP contribution in [0.4, 0.5) is 27.6 Å². The highest BCUT2D eigenvalue weighted by Crippen LogP contribution is 2.67. The second-order valence-electron chi connectivity index (χ2n) is 13.7. The molecule has 272 valence electrons. The van der Waals surface area contributed by atoms with Crippen molar-refractivity contribution >= 4 is 63.3 Å². The Kier molecular flexibility index (Phi) is 7.94. The first-order valence-electron chi connectivity index (χ1n) is 16.4. The molecular weight excluding hydrogens is 746 g/mol. The van der Waals surface area contributed by atoms with E-state index in [0.717, 1.165) is 10.5 Å². The van der Waals surface area contributed by atoms with E-state index in [1.807, 2.05) is 0 Å². The number of fused-ring (bicyclic) bond motifs is 5. The smallest absolute Gasteiger partial charge is 0.258 e. The molecule has 1 saturated carbocycles. The molecule has 2 heterocycles. The predicted molar refractivity (Wildman–Crippen MR) is 181 cm³/mol. The quantitative estimate of drug-likeness (QED) is 0.0580. The molecule has 6 atom stereocenters. The van der Waals surface area contributed by atoms with Gasteiger partial charge in [0.05, 0.1) is 11.8 Å². The molecule has 8 nitrogen and oxygen atoms in total. The number of allylic oxidation sites excluding steroid dienone is 2. The van der Waals surface area contributed by atoms with Crippen molar-refractivity contribution in [2.24, 2.45) is 17.8 Å². The first-order valence-corrected chi connectivity index (χ1v) is 17.2. The van der Waals surface area contributed by atoms with Gasteiger partial charge in [-0.15, -0.1) is 23.2 Å². The third-order valence-electron chi connectivity index (χ3n) is 11.1. The number of imide groups is 2.